The molecule has 0 aliphatic carbocycles. The Bertz CT molecular complexity index is 575. The minimum Gasteiger partial charge on any atom is -0.381 e. The predicted octanol–water partition coefficient (Wildman–Crippen LogP) is 5.51. The van der Waals surface area contributed by atoms with Crippen molar-refractivity contribution in [3.05, 3.63) is 62.3 Å². The average molecular weight is 349 g/mol. The molecule has 0 radical (unpaired) electrons. The van der Waals surface area contributed by atoms with E-state index in [-0.39, 0.29) is 5.02 Å². The van der Waals surface area contributed by atoms with Gasteiger partial charge in [-0.15, -0.1) is 0 Å². The lowest BCUT2D eigenvalue weighted by Gasteiger charge is -2.09. The van der Waals surface area contributed by atoms with Crippen LogP contribution >= 0.6 is 39.1 Å². The first-order valence-electron chi connectivity index (χ1n) is 5.19. The molecular formula is C13H9BrCl2FN. The standard InChI is InChI=1S/C13H9BrCl2FN/c14-9-1-3-11(15)8(5-9)7-18-10-2-4-13(17)12(16)6-10/h1-6,18H,7H2. The van der Waals surface area contributed by atoms with E-state index < -0.39 is 5.82 Å². The number of hydrogen-bond acceptors (Lipinski definition) is 1. The predicted molar refractivity (Wildman–Crippen MR) is 77.9 cm³/mol. The van der Waals surface area contributed by atoms with E-state index in [9.17, 15) is 4.39 Å². The quantitative estimate of drug-likeness (QED) is 0.771. The van der Waals surface area contributed by atoms with Gasteiger partial charge in [-0.2, -0.15) is 0 Å². The van der Waals surface area contributed by atoms with E-state index in [1.807, 2.05) is 18.2 Å². The molecule has 0 aliphatic heterocycles. The van der Waals surface area contributed by atoms with E-state index >= 15 is 0 Å². The van der Waals surface area contributed by atoms with Gasteiger partial charge < -0.3 is 5.32 Å². The van der Waals surface area contributed by atoms with Crippen molar-refractivity contribution >= 4 is 44.8 Å². The second kappa shape index (κ2) is 5.91. The molecule has 0 heterocycles. The highest BCUT2D eigenvalue weighted by molar-refractivity contribution is 9.10. The molecule has 5 heteroatoms. The average Bonchev–Trinajstić information content (AvgIpc) is 2.34. The van der Waals surface area contributed by atoms with Gasteiger partial charge in [-0.1, -0.05) is 39.1 Å². The second-order valence-electron chi connectivity index (χ2n) is 3.72. The molecule has 0 bridgehead atoms. The van der Waals surface area contributed by atoms with E-state index in [4.69, 9.17) is 23.2 Å². The van der Waals surface area contributed by atoms with Crippen LogP contribution in [0.4, 0.5) is 10.1 Å². The van der Waals surface area contributed by atoms with Gasteiger partial charge in [0.05, 0.1) is 5.02 Å². The van der Waals surface area contributed by atoms with Gasteiger partial charge in [0, 0.05) is 21.7 Å². The van der Waals surface area contributed by atoms with Crippen molar-refractivity contribution in [2.45, 2.75) is 6.54 Å². The van der Waals surface area contributed by atoms with Crippen molar-refractivity contribution in [3.63, 3.8) is 0 Å². The van der Waals surface area contributed by atoms with Crippen LogP contribution in [0.1, 0.15) is 5.56 Å². The molecule has 0 aliphatic rings. The molecule has 2 aromatic rings. The molecule has 1 N–H and O–H groups in total. The lowest BCUT2D eigenvalue weighted by molar-refractivity contribution is 0.628. The number of halogens is 4. The van der Waals surface area contributed by atoms with Gasteiger partial charge in [-0.3, -0.25) is 0 Å². The van der Waals surface area contributed by atoms with Crippen molar-refractivity contribution in [2.75, 3.05) is 5.32 Å². The fourth-order valence-corrected chi connectivity index (χ4v) is 2.26. The minimum absolute atomic E-state index is 0.0975. The zero-order valence-electron chi connectivity index (χ0n) is 9.18. The van der Waals surface area contributed by atoms with Gasteiger partial charge in [0.25, 0.3) is 0 Å². The summed E-state index contributed by atoms with van der Waals surface area (Å²) in [5.41, 5.74) is 1.70. The molecule has 0 saturated heterocycles. The molecule has 2 rings (SSSR count). The highest BCUT2D eigenvalue weighted by Gasteiger charge is 2.03. The van der Waals surface area contributed by atoms with Crippen molar-refractivity contribution in [2.24, 2.45) is 0 Å². The first kappa shape index (κ1) is 13.7. The minimum atomic E-state index is -0.428. The van der Waals surface area contributed by atoms with Crippen LogP contribution in [0.5, 0.6) is 0 Å². The van der Waals surface area contributed by atoms with Gasteiger partial charge in [-0.05, 0) is 42.0 Å². The van der Waals surface area contributed by atoms with Crippen LogP contribution in [0.2, 0.25) is 10.0 Å². The van der Waals surface area contributed by atoms with Crippen LogP contribution in [-0.4, -0.2) is 0 Å². The summed E-state index contributed by atoms with van der Waals surface area (Å²) >= 11 is 15.2. The molecule has 1 nitrogen and oxygen atoms in total. The van der Waals surface area contributed by atoms with Gasteiger partial charge in [0.15, 0.2) is 0 Å². The monoisotopic (exact) mass is 347 g/mol. The first-order valence-corrected chi connectivity index (χ1v) is 6.74. The Morgan fingerprint density at radius 2 is 1.83 bits per heavy atom. The molecule has 0 aromatic heterocycles. The lowest BCUT2D eigenvalue weighted by atomic mass is 10.2. The Balaban J connectivity index is 2.11. The van der Waals surface area contributed by atoms with E-state index in [0.29, 0.717) is 11.6 Å². The van der Waals surface area contributed by atoms with Crippen LogP contribution in [0, 0.1) is 5.82 Å². The summed E-state index contributed by atoms with van der Waals surface area (Å²) in [7, 11) is 0. The Labute approximate surface area is 123 Å². The molecule has 18 heavy (non-hydrogen) atoms. The topological polar surface area (TPSA) is 12.0 Å². The van der Waals surface area contributed by atoms with Gasteiger partial charge >= 0.3 is 0 Å². The summed E-state index contributed by atoms with van der Waals surface area (Å²) in [6.45, 7) is 0.542. The van der Waals surface area contributed by atoms with Gasteiger partial charge in [0.2, 0.25) is 0 Å². The second-order valence-corrected chi connectivity index (χ2v) is 5.45. The van der Waals surface area contributed by atoms with Crippen LogP contribution in [-0.2, 0) is 6.54 Å². The SMILES string of the molecule is Fc1ccc(NCc2cc(Br)ccc2Cl)cc1Cl. The number of nitrogens with one attached hydrogen (secondary N) is 1. The maximum atomic E-state index is 13.0. The maximum Gasteiger partial charge on any atom is 0.141 e. The molecule has 0 spiro atoms. The summed E-state index contributed by atoms with van der Waals surface area (Å²) in [5, 5.41) is 3.92. The summed E-state index contributed by atoms with van der Waals surface area (Å²) in [6.07, 6.45) is 0. The Kier molecular flexibility index (Phi) is 4.49. The lowest BCUT2D eigenvalue weighted by Crippen LogP contribution is -2.00. The zero-order chi connectivity index (χ0) is 13.1. The Morgan fingerprint density at radius 3 is 2.56 bits per heavy atom. The molecule has 0 amide bonds. The molecule has 0 fully saturated rings. The first-order chi connectivity index (χ1) is 8.56. The number of hydrogen-bond donors (Lipinski definition) is 1. The molecule has 0 unspecified atom stereocenters. The molecule has 2 aromatic carbocycles. The van der Waals surface area contributed by atoms with E-state index in [1.54, 1.807) is 12.1 Å². The molecule has 0 saturated carbocycles. The third-order valence-corrected chi connectivity index (χ3v) is 3.56. The number of benzene rings is 2. The summed E-state index contributed by atoms with van der Waals surface area (Å²) in [5.74, 6) is -0.428. The smallest absolute Gasteiger partial charge is 0.141 e. The van der Waals surface area contributed by atoms with Crippen LogP contribution < -0.4 is 5.32 Å². The van der Waals surface area contributed by atoms with Crippen molar-refractivity contribution in [3.8, 4) is 0 Å². The van der Waals surface area contributed by atoms with Crippen molar-refractivity contribution in [1.82, 2.24) is 0 Å². The van der Waals surface area contributed by atoms with Gasteiger partial charge in [-0.25, -0.2) is 4.39 Å². The van der Waals surface area contributed by atoms with Crippen LogP contribution in [0.15, 0.2) is 40.9 Å². The van der Waals surface area contributed by atoms with Crippen LogP contribution in [0.25, 0.3) is 0 Å². The van der Waals surface area contributed by atoms with E-state index in [0.717, 1.165) is 15.7 Å². The summed E-state index contributed by atoms with van der Waals surface area (Å²) < 4.78 is 14.0. The Morgan fingerprint density at radius 1 is 1.06 bits per heavy atom. The van der Waals surface area contributed by atoms with E-state index in [1.165, 1.54) is 6.07 Å². The third-order valence-electron chi connectivity index (χ3n) is 2.41. The van der Waals surface area contributed by atoms with E-state index in [2.05, 4.69) is 21.2 Å². The molecule has 0 atom stereocenters. The largest absolute Gasteiger partial charge is 0.381 e. The van der Waals surface area contributed by atoms with Crippen molar-refractivity contribution in [1.29, 1.82) is 0 Å². The number of anilines is 1. The van der Waals surface area contributed by atoms with Crippen molar-refractivity contribution < 1.29 is 4.39 Å². The number of rotatable bonds is 3. The third kappa shape index (κ3) is 3.37. The fraction of sp³-hybridized carbons (Fsp3) is 0.0769. The highest BCUT2D eigenvalue weighted by Crippen LogP contribution is 2.23. The molecular weight excluding hydrogens is 340 g/mol. The molecule has 94 valence electrons. The normalized spacial score (nSPS) is 10.4. The van der Waals surface area contributed by atoms with Gasteiger partial charge in [0.1, 0.15) is 5.82 Å². The van der Waals surface area contributed by atoms with Crippen LogP contribution in [0.3, 0.4) is 0 Å². The summed E-state index contributed by atoms with van der Waals surface area (Å²) in [4.78, 5) is 0. The fourth-order valence-electron chi connectivity index (χ4n) is 1.48. The maximum absolute atomic E-state index is 13.0. The Hall–Kier alpha value is -0.770. The zero-order valence-corrected chi connectivity index (χ0v) is 12.3. The summed E-state index contributed by atoms with van der Waals surface area (Å²) in [6, 6.07) is 10.1. The highest BCUT2D eigenvalue weighted by atomic mass is 79.9.